The van der Waals surface area contributed by atoms with E-state index in [2.05, 4.69) is 5.10 Å². The number of nitrogens with zero attached hydrogens (tertiary/aromatic N) is 3. The van der Waals surface area contributed by atoms with Gasteiger partial charge < -0.3 is 9.64 Å². The maximum absolute atomic E-state index is 13.0. The van der Waals surface area contributed by atoms with Gasteiger partial charge in [0, 0.05) is 19.4 Å². The monoisotopic (exact) mass is 341 g/mol. The molecule has 2 unspecified atom stereocenters. The van der Waals surface area contributed by atoms with Crippen LogP contribution in [0.3, 0.4) is 0 Å². The lowest BCUT2D eigenvalue weighted by Crippen LogP contribution is -2.49. The molecule has 1 aromatic carbocycles. The Balaban J connectivity index is 1.62. The molecule has 3 heterocycles. The lowest BCUT2D eigenvalue weighted by Gasteiger charge is -2.33. The first-order chi connectivity index (χ1) is 12.0. The van der Waals surface area contributed by atoms with E-state index in [1.807, 2.05) is 36.9 Å². The molecule has 132 valence electrons. The molecule has 4 rings (SSSR count). The molecule has 2 atom stereocenters. The molecule has 2 fully saturated rings. The van der Waals surface area contributed by atoms with Crippen molar-refractivity contribution in [3.8, 4) is 0 Å². The number of rotatable bonds is 2. The molecule has 0 spiro atoms. The van der Waals surface area contributed by atoms with E-state index in [0.29, 0.717) is 37.8 Å². The van der Waals surface area contributed by atoms with Crippen LogP contribution in [0.15, 0.2) is 23.3 Å². The molecule has 3 aliphatic rings. The van der Waals surface area contributed by atoms with Crippen LogP contribution in [0.5, 0.6) is 0 Å². The van der Waals surface area contributed by atoms with E-state index in [-0.39, 0.29) is 17.9 Å². The van der Waals surface area contributed by atoms with Crippen LogP contribution in [0.25, 0.3) is 0 Å². The van der Waals surface area contributed by atoms with Gasteiger partial charge in [-0.3, -0.25) is 9.59 Å². The van der Waals surface area contributed by atoms with E-state index in [1.54, 1.807) is 0 Å². The summed E-state index contributed by atoms with van der Waals surface area (Å²) in [6.07, 6.45) is 2.83. The van der Waals surface area contributed by atoms with E-state index in [4.69, 9.17) is 4.74 Å². The van der Waals surface area contributed by atoms with Crippen LogP contribution in [0, 0.1) is 13.8 Å². The SMILES string of the molecule is Cc1ccc(C)c(N2N=C(C(=O)N3CCC4CC3CO4)CCC2=O)c1. The third-order valence-electron chi connectivity index (χ3n) is 5.33. The minimum Gasteiger partial charge on any atom is -0.376 e. The van der Waals surface area contributed by atoms with E-state index < -0.39 is 0 Å². The maximum Gasteiger partial charge on any atom is 0.270 e. The Morgan fingerprint density at radius 3 is 2.96 bits per heavy atom. The lowest BCUT2D eigenvalue weighted by molar-refractivity contribution is -0.127. The molecule has 0 radical (unpaired) electrons. The van der Waals surface area contributed by atoms with Gasteiger partial charge in [-0.2, -0.15) is 5.10 Å². The summed E-state index contributed by atoms with van der Waals surface area (Å²) in [6, 6.07) is 6.08. The zero-order valence-corrected chi connectivity index (χ0v) is 14.7. The number of amides is 2. The molecule has 0 aromatic heterocycles. The molecule has 0 saturated carbocycles. The van der Waals surface area contributed by atoms with Crippen LogP contribution in [0.2, 0.25) is 0 Å². The van der Waals surface area contributed by atoms with Crippen LogP contribution in [0.1, 0.15) is 36.8 Å². The van der Waals surface area contributed by atoms with Gasteiger partial charge in [-0.1, -0.05) is 12.1 Å². The summed E-state index contributed by atoms with van der Waals surface area (Å²) in [5.74, 6) is -0.107. The number of anilines is 1. The van der Waals surface area contributed by atoms with Crippen molar-refractivity contribution in [1.82, 2.24) is 4.90 Å². The number of carbonyl (C=O) groups excluding carboxylic acids is 2. The second-order valence-corrected chi connectivity index (χ2v) is 7.17. The van der Waals surface area contributed by atoms with Crippen LogP contribution in [-0.4, -0.2) is 47.7 Å². The average Bonchev–Trinajstić information content (AvgIpc) is 2.98. The predicted molar refractivity (Wildman–Crippen MR) is 94.5 cm³/mol. The van der Waals surface area contributed by atoms with E-state index in [9.17, 15) is 9.59 Å². The second-order valence-electron chi connectivity index (χ2n) is 7.17. The quantitative estimate of drug-likeness (QED) is 0.828. The van der Waals surface area contributed by atoms with Crippen LogP contribution in [-0.2, 0) is 14.3 Å². The van der Waals surface area contributed by atoms with Gasteiger partial charge in [0.05, 0.1) is 24.4 Å². The zero-order chi connectivity index (χ0) is 17.6. The first-order valence-electron chi connectivity index (χ1n) is 8.93. The third-order valence-corrected chi connectivity index (χ3v) is 5.33. The molecule has 2 amide bonds. The topological polar surface area (TPSA) is 62.2 Å². The summed E-state index contributed by atoms with van der Waals surface area (Å²) in [6.45, 7) is 5.26. The second kappa shape index (κ2) is 6.26. The Hall–Kier alpha value is -2.21. The first-order valence-corrected chi connectivity index (χ1v) is 8.93. The van der Waals surface area contributed by atoms with E-state index in [0.717, 1.165) is 29.7 Å². The zero-order valence-electron chi connectivity index (χ0n) is 14.7. The molecule has 6 heteroatoms. The minimum absolute atomic E-state index is 0.0447. The Kier molecular flexibility index (Phi) is 4.07. The van der Waals surface area contributed by atoms with Crippen LogP contribution >= 0.6 is 0 Å². The highest BCUT2D eigenvalue weighted by Crippen LogP contribution is 2.29. The molecule has 0 aliphatic carbocycles. The van der Waals surface area contributed by atoms with Crippen molar-refractivity contribution >= 4 is 23.2 Å². The predicted octanol–water partition coefficient (Wildman–Crippen LogP) is 2.18. The fraction of sp³-hybridized carbons (Fsp3) is 0.526. The Bertz CT molecular complexity index is 758. The van der Waals surface area contributed by atoms with E-state index in [1.165, 1.54) is 5.01 Å². The fourth-order valence-electron chi connectivity index (χ4n) is 3.85. The van der Waals surface area contributed by atoms with Gasteiger partial charge in [-0.25, -0.2) is 5.01 Å². The highest BCUT2D eigenvalue weighted by Gasteiger charge is 2.39. The smallest absolute Gasteiger partial charge is 0.270 e. The highest BCUT2D eigenvalue weighted by atomic mass is 16.5. The number of fused-ring (bicyclic) bond motifs is 2. The summed E-state index contributed by atoms with van der Waals surface area (Å²) in [5.41, 5.74) is 3.28. The van der Waals surface area contributed by atoms with Gasteiger partial charge in [0.25, 0.3) is 5.91 Å². The largest absolute Gasteiger partial charge is 0.376 e. The molecule has 1 aromatic rings. The maximum atomic E-state index is 13.0. The van der Waals surface area contributed by atoms with Crippen LogP contribution in [0.4, 0.5) is 5.69 Å². The number of hydrazone groups is 1. The van der Waals surface area contributed by atoms with Gasteiger partial charge in [-0.15, -0.1) is 0 Å². The fourth-order valence-corrected chi connectivity index (χ4v) is 3.85. The number of aryl methyl sites for hydroxylation is 2. The summed E-state index contributed by atoms with van der Waals surface area (Å²) in [5, 5.41) is 5.87. The third kappa shape index (κ3) is 2.95. The standard InChI is InChI=1S/C19H23N3O3/c1-12-3-4-13(2)17(9-12)22-18(23)6-5-16(20-22)19(24)21-8-7-15-10-14(21)11-25-15/h3-4,9,14-15H,5-8,10-11H2,1-2H3. The lowest BCUT2D eigenvalue weighted by atomic mass is 10.0. The van der Waals surface area contributed by atoms with Crippen molar-refractivity contribution in [2.75, 3.05) is 18.2 Å². The number of likely N-dealkylation sites (tertiary alicyclic amines) is 1. The molecule has 0 N–H and O–H groups in total. The summed E-state index contributed by atoms with van der Waals surface area (Å²) >= 11 is 0. The van der Waals surface area contributed by atoms with Crippen molar-refractivity contribution < 1.29 is 14.3 Å². The van der Waals surface area contributed by atoms with Crippen molar-refractivity contribution in [3.63, 3.8) is 0 Å². The highest BCUT2D eigenvalue weighted by molar-refractivity contribution is 6.40. The number of hydrogen-bond acceptors (Lipinski definition) is 4. The molecule has 25 heavy (non-hydrogen) atoms. The first kappa shape index (κ1) is 16.3. The number of hydrogen-bond donors (Lipinski definition) is 0. The number of piperidine rings is 1. The average molecular weight is 341 g/mol. The van der Waals surface area contributed by atoms with Gasteiger partial charge in [-0.05, 0) is 43.9 Å². The minimum atomic E-state index is -0.0619. The number of carbonyl (C=O) groups is 2. The molecule has 6 nitrogen and oxygen atoms in total. The van der Waals surface area contributed by atoms with Crippen molar-refractivity contribution in [2.45, 2.75) is 51.7 Å². The van der Waals surface area contributed by atoms with Gasteiger partial charge in [0.15, 0.2) is 0 Å². The number of benzene rings is 1. The van der Waals surface area contributed by atoms with Crippen molar-refractivity contribution in [1.29, 1.82) is 0 Å². The van der Waals surface area contributed by atoms with Crippen molar-refractivity contribution in [2.24, 2.45) is 5.10 Å². The number of ether oxygens (including phenoxy) is 1. The van der Waals surface area contributed by atoms with Gasteiger partial charge >= 0.3 is 0 Å². The Labute approximate surface area is 147 Å². The summed E-state index contributed by atoms with van der Waals surface area (Å²) < 4.78 is 5.68. The Morgan fingerprint density at radius 1 is 1.28 bits per heavy atom. The van der Waals surface area contributed by atoms with Crippen molar-refractivity contribution in [3.05, 3.63) is 29.3 Å². The molecular formula is C19H23N3O3. The molecule has 2 saturated heterocycles. The summed E-state index contributed by atoms with van der Waals surface area (Å²) in [4.78, 5) is 27.3. The molecule has 2 bridgehead atoms. The summed E-state index contributed by atoms with van der Waals surface area (Å²) in [7, 11) is 0. The van der Waals surface area contributed by atoms with E-state index >= 15 is 0 Å². The van der Waals surface area contributed by atoms with Gasteiger partial charge in [0.2, 0.25) is 5.91 Å². The molecular weight excluding hydrogens is 318 g/mol. The molecule has 3 aliphatic heterocycles. The van der Waals surface area contributed by atoms with Gasteiger partial charge in [0.1, 0.15) is 5.71 Å². The van der Waals surface area contributed by atoms with Crippen LogP contribution < -0.4 is 5.01 Å². The normalized spacial score (nSPS) is 26.0. The Morgan fingerprint density at radius 2 is 2.12 bits per heavy atom.